The Morgan fingerprint density at radius 2 is 1.92 bits per heavy atom. The molecule has 1 aromatic carbocycles. The zero-order chi connectivity index (χ0) is 18.4. The Kier molecular flexibility index (Phi) is 6.59. The lowest BCUT2D eigenvalue weighted by Crippen LogP contribution is -2.53. The number of rotatable bonds is 5. The minimum Gasteiger partial charge on any atom is -0.350 e. The lowest BCUT2D eigenvalue weighted by Gasteiger charge is -2.34. The van der Waals surface area contributed by atoms with E-state index < -0.39 is 11.5 Å². The van der Waals surface area contributed by atoms with E-state index in [2.05, 4.69) is 39.8 Å². The largest absolute Gasteiger partial charge is 0.350 e. The summed E-state index contributed by atoms with van der Waals surface area (Å²) in [5.41, 5.74) is 0.798. The fraction of sp³-hybridized carbons (Fsp3) is 0.600. The Bertz CT molecular complexity index is 580. The Morgan fingerprint density at radius 1 is 1.24 bits per heavy atom. The Balaban J connectivity index is 1.83. The van der Waals surface area contributed by atoms with Crippen LogP contribution in [0.3, 0.4) is 0 Å². The predicted molar refractivity (Wildman–Crippen MR) is 99.9 cm³/mol. The van der Waals surface area contributed by atoms with Gasteiger partial charge in [-0.15, -0.1) is 0 Å². The molecule has 1 aliphatic rings. The average Bonchev–Trinajstić information content (AvgIpc) is 2.55. The molecule has 1 aliphatic heterocycles. The third-order valence-electron chi connectivity index (χ3n) is 4.52. The van der Waals surface area contributed by atoms with E-state index in [0.29, 0.717) is 0 Å². The molecule has 1 fully saturated rings. The average molecular weight is 345 g/mol. The molecule has 0 aliphatic carbocycles. The van der Waals surface area contributed by atoms with Gasteiger partial charge >= 0.3 is 0 Å². The molecule has 138 valence electrons. The first-order valence-electron chi connectivity index (χ1n) is 9.13. The van der Waals surface area contributed by atoms with Gasteiger partial charge < -0.3 is 10.6 Å². The minimum absolute atomic E-state index is 0.107. The molecule has 1 heterocycles. The van der Waals surface area contributed by atoms with E-state index in [1.54, 1.807) is 6.92 Å². The highest BCUT2D eigenvalue weighted by atomic mass is 16.2. The Labute approximate surface area is 151 Å². The van der Waals surface area contributed by atoms with Gasteiger partial charge in [0.05, 0.1) is 0 Å². The number of nitrogens with one attached hydrogen (secondary N) is 2. The number of carbonyl (C=O) groups is 2. The number of likely N-dealkylation sites (tertiary alicyclic amines) is 1. The highest BCUT2D eigenvalue weighted by molar-refractivity contribution is 5.89. The smallest absolute Gasteiger partial charge is 0.242 e. The van der Waals surface area contributed by atoms with E-state index in [4.69, 9.17) is 0 Å². The molecule has 1 aromatic rings. The van der Waals surface area contributed by atoms with Crippen LogP contribution in [-0.2, 0) is 16.1 Å². The SMILES string of the molecule is CC(NC(=O)C(C)(C)C)C(=O)NC1CCCN(Cc2ccccc2)C1. The lowest BCUT2D eigenvalue weighted by molar-refractivity contribution is -0.133. The first-order chi connectivity index (χ1) is 11.8. The summed E-state index contributed by atoms with van der Waals surface area (Å²) < 4.78 is 0. The summed E-state index contributed by atoms with van der Waals surface area (Å²) in [5.74, 6) is -0.214. The Morgan fingerprint density at radius 3 is 2.56 bits per heavy atom. The molecule has 1 saturated heterocycles. The van der Waals surface area contributed by atoms with Crippen molar-refractivity contribution in [3.8, 4) is 0 Å². The van der Waals surface area contributed by atoms with Crippen molar-refractivity contribution in [3.05, 3.63) is 35.9 Å². The fourth-order valence-corrected chi connectivity index (χ4v) is 2.96. The van der Waals surface area contributed by atoms with Crippen LogP contribution in [0.2, 0.25) is 0 Å². The first-order valence-corrected chi connectivity index (χ1v) is 9.13. The van der Waals surface area contributed by atoms with Gasteiger partial charge in [-0.05, 0) is 31.9 Å². The normalized spacial score (nSPS) is 19.9. The van der Waals surface area contributed by atoms with Crippen LogP contribution < -0.4 is 10.6 Å². The van der Waals surface area contributed by atoms with Crippen molar-refractivity contribution in [2.75, 3.05) is 13.1 Å². The molecule has 0 bridgehead atoms. The van der Waals surface area contributed by atoms with Crippen LogP contribution in [0.5, 0.6) is 0 Å². The van der Waals surface area contributed by atoms with Crippen molar-refractivity contribution in [2.24, 2.45) is 5.41 Å². The van der Waals surface area contributed by atoms with Gasteiger partial charge in [-0.1, -0.05) is 51.1 Å². The highest BCUT2D eigenvalue weighted by Gasteiger charge is 2.27. The van der Waals surface area contributed by atoms with Crippen molar-refractivity contribution in [1.29, 1.82) is 0 Å². The van der Waals surface area contributed by atoms with Crippen molar-refractivity contribution in [2.45, 2.75) is 59.2 Å². The van der Waals surface area contributed by atoms with Crippen molar-refractivity contribution in [1.82, 2.24) is 15.5 Å². The zero-order valence-electron chi connectivity index (χ0n) is 15.8. The van der Waals surface area contributed by atoms with Crippen LogP contribution in [0.1, 0.15) is 46.1 Å². The monoisotopic (exact) mass is 345 g/mol. The summed E-state index contributed by atoms with van der Waals surface area (Å²) in [6.45, 7) is 10.1. The quantitative estimate of drug-likeness (QED) is 0.861. The van der Waals surface area contributed by atoms with Crippen molar-refractivity contribution < 1.29 is 9.59 Å². The number of piperidine rings is 1. The second kappa shape index (κ2) is 8.48. The maximum absolute atomic E-state index is 12.4. The molecule has 0 radical (unpaired) electrons. The summed E-state index contributed by atoms with van der Waals surface area (Å²) in [7, 11) is 0. The van der Waals surface area contributed by atoms with Crippen LogP contribution in [0.25, 0.3) is 0 Å². The number of amides is 2. The fourth-order valence-electron chi connectivity index (χ4n) is 2.96. The van der Waals surface area contributed by atoms with Gasteiger partial charge in [-0.25, -0.2) is 0 Å². The van der Waals surface area contributed by atoms with E-state index in [9.17, 15) is 9.59 Å². The molecule has 2 atom stereocenters. The highest BCUT2D eigenvalue weighted by Crippen LogP contribution is 2.15. The summed E-state index contributed by atoms with van der Waals surface area (Å²) in [5, 5.41) is 5.89. The standard InChI is InChI=1S/C20H31N3O2/c1-15(21-19(25)20(2,3)4)18(24)22-17-11-8-12-23(14-17)13-16-9-6-5-7-10-16/h5-7,9-10,15,17H,8,11-14H2,1-4H3,(H,21,25)(H,22,24). The van der Waals surface area contributed by atoms with Gasteiger partial charge in [0.1, 0.15) is 6.04 Å². The second-order valence-electron chi connectivity index (χ2n) is 8.01. The second-order valence-corrected chi connectivity index (χ2v) is 8.01. The molecule has 0 spiro atoms. The van der Waals surface area contributed by atoms with E-state index in [-0.39, 0.29) is 17.9 Å². The summed E-state index contributed by atoms with van der Waals surface area (Å²) in [6, 6.07) is 10.0. The number of benzene rings is 1. The van der Waals surface area contributed by atoms with Gasteiger partial charge in [0.2, 0.25) is 11.8 Å². The van der Waals surface area contributed by atoms with Crippen molar-refractivity contribution >= 4 is 11.8 Å². The Hall–Kier alpha value is -1.88. The topological polar surface area (TPSA) is 61.4 Å². The number of hydrogen-bond donors (Lipinski definition) is 2. The summed E-state index contributed by atoms with van der Waals surface area (Å²) in [6.07, 6.45) is 2.05. The van der Waals surface area contributed by atoms with Gasteiger partial charge in [0.25, 0.3) is 0 Å². The van der Waals surface area contributed by atoms with Crippen molar-refractivity contribution in [3.63, 3.8) is 0 Å². The van der Waals surface area contributed by atoms with Crippen LogP contribution in [0.4, 0.5) is 0 Å². The van der Waals surface area contributed by atoms with Crippen LogP contribution in [0.15, 0.2) is 30.3 Å². The molecule has 25 heavy (non-hydrogen) atoms. The van der Waals surface area contributed by atoms with Gasteiger partial charge in [0.15, 0.2) is 0 Å². The predicted octanol–water partition coefficient (Wildman–Crippen LogP) is 2.32. The number of carbonyl (C=O) groups excluding carboxylic acids is 2. The maximum atomic E-state index is 12.4. The lowest BCUT2D eigenvalue weighted by atomic mass is 9.95. The van der Waals surface area contributed by atoms with Gasteiger partial charge in [0, 0.05) is 24.5 Å². The minimum atomic E-state index is -0.517. The first kappa shape index (κ1) is 19.4. The van der Waals surface area contributed by atoms with E-state index in [0.717, 1.165) is 32.5 Å². The van der Waals surface area contributed by atoms with E-state index in [1.165, 1.54) is 5.56 Å². The molecular weight excluding hydrogens is 314 g/mol. The van der Waals surface area contributed by atoms with Gasteiger partial charge in [-0.2, -0.15) is 0 Å². The number of nitrogens with zero attached hydrogens (tertiary/aromatic N) is 1. The third-order valence-corrected chi connectivity index (χ3v) is 4.52. The zero-order valence-corrected chi connectivity index (χ0v) is 15.8. The molecule has 2 unspecified atom stereocenters. The van der Waals surface area contributed by atoms with Gasteiger partial charge in [-0.3, -0.25) is 14.5 Å². The molecule has 5 nitrogen and oxygen atoms in total. The summed E-state index contributed by atoms with van der Waals surface area (Å²) >= 11 is 0. The van der Waals surface area contributed by atoms with Crippen LogP contribution >= 0.6 is 0 Å². The molecule has 2 amide bonds. The third kappa shape index (κ3) is 6.16. The molecule has 0 saturated carbocycles. The molecule has 2 N–H and O–H groups in total. The molecule has 0 aromatic heterocycles. The van der Waals surface area contributed by atoms with E-state index >= 15 is 0 Å². The van der Waals surface area contributed by atoms with E-state index in [1.807, 2.05) is 26.8 Å². The summed E-state index contributed by atoms with van der Waals surface area (Å²) in [4.78, 5) is 26.8. The van der Waals surface area contributed by atoms with Crippen LogP contribution in [-0.4, -0.2) is 41.9 Å². The van der Waals surface area contributed by atoms with Crippen LogP contribution in [0, 0.1) is 5.41 Å². The number of hydrogen-bond acceptors (Lipinski definition) is 3. The molecule has 2 rings (SSSR count). The molecular formula is C20H31N3O2. The molecule has 5 heteroatoms. The maximum Gasteiger partial charge on any atom is 0.242 e.